The van der Waals surface area contributed by atoms with Gasteiger partial charge in [0.2, 0.25) is 0 Å². The van der Waals surface area contributed by atoms with E-state index in [0.29, 0.717) is 22.1 Å². The molecule has 1 aliphatic rings. The van der Waals surface area contributed by atoms with Gasteiger partial charge in [-0.15, -0.1) is 0 Å². The van der Waals surface area contributed by atoms with Crippen LogP contribution in [0.3, 0.4) is 0 Å². The van der Waals surface area contributed by atoms with Gasteiger partial charge in [-0.2, -0.15) is 0 Å². The summed E-state index contributed by atoms with van der Waals surface area (Å²) in [5.41, 5.74) is 3.43. The molecule has 0 aromatic heterocycles. The number of hydrogen-bond acceptors (Lipinski definition) is 3. The first-order valence-corrected chi connectivity index (χ1v) is 19.0. The van der Waals surface area contributed by atoms with Gasteiger partial charge in [-0.3, -0.25) is 0 Å². The molecular formula is C37H44O3P2. The van der Waals surface area contributed by atoms with Gasteiger partial charge in [0.15, 0.2) is 0 Å². The Hall–Kier alpha value is -2.86. The summed E-state index contributed by atoms with van der Waals surface area (Å²) in [5.74, 6) is 1.26. The monoisotopic (exact) mass is 598 g/mol. The van der Waals surface area contributed by atoms with Gasteiger partial charge in [-0.1, -0.05) is 128 Å². The van der Waals surface area contributed by atoms with Crippen LogP contribution in [0.15, 0.2) is 84.9 Å². The fourth-order valence-corrected chi connectivity index (χ4v) is 9.74. The molecule has 0 unspecified atom stereocenters. The fourth-order valence-electron chi connectivity index (χ4n) is 5.82. The zero-order valence-electron chi connectivity index (χ0n) is 26.7. The van der Waals surface area contributed by atoms with Gasteiger partial charge in [0, 0.05) is 27.2 Å². The second kappa shape index (κ2) is 10.1. The average Bonchev–Trinajstić information content (AvgIpc) is 2.92. The first kappa shape index (κ1) is 30.6. The molecule has 0 N–H and O–H groups in total. The van der Waals surface area contributed by atoms with E-state index in [1.54, 1.807) is 0 Å². The van der Waals surface area contributed by atoms with Crippen LogP contribution in [0.5, 0.6) is 11.5 Å². The van der Waals surface area contributed by atoms with Crippen molar-refractivity contribution in [2.75, 3.05) is 13.3 Å². The number of benzene rings is 4. The van der Waals surface area contributed by atoms with Crippen molar-refractivity contribution < 1.29 is 13.9 Å². The molecule has 0 amide bonds. The minimum absolute atomic E-state index is 0.165. The van der Waals surface area contributed by atoms with Crippen LogP contribution in [0.1, 0.15) is 77.6 Å². The number of hydrogen-bond donors (Lipinski definition) is 0. The Morgan fingerprint density at radius 3 is 1.21 bits per heavy atom. The molecule has 42 heavy (non-hydrogen) atoms. The van der Waals surface area contributed by atoms with Crippen LogP contribution < -0.4 is 26.0 Å². The molecule has 0 radical (unpaired) electrons. The lowest BCUT2D eigenvalue weighted by Gasteiger charge is -2.40. The number of ether oxygens (including phenoxy) is 1. The van der Waals surface area contributed by atoms with Gasteiger partial charge in [-0.05, 0) is 47.4 Å². The van der Waals surface area contributed by atoms with E-state index in [9.17, 15) is 9.13 Å². The first-order valence-electron chi connectivity index (χ1n) is 14.7. The topological polar surface area (TPSA) is 43.4 Å². The Bertz CT molecular complexity index is 1630. The quantitative estimate of drug-likeness (QED) is 0.221. The molecular weight excluding hydrogens is 554 g/mol. The molecule has 0 saturated heterocycles. The van der Waals surface area contributed by atoms with E-state index in [-0.39, 0.29) is 10.8 Å². The van der Waals surface area contributed by atoms with Crippen LogP contribution >= 0.6 is 14.3 Å². The van der Waals surface area contributed by atoms with Crippen molar-refractivity contribution in [3.05, 3.63) is 107 Å². The third kappa shape index (κ3) is 5.14. The minimum Gasteiger partial charge on any atom is -0.455 e. The summed E-state index contributed by atoms with van der Waals surface area (Å²) in [4.78, 5) is 0. The summed E-state index contributed by atoms with van der Waals surface area (Å²) in [5, 5.41) is 3.01. The van der Waals surface area contributed by atoms with E-state index in [2.05, 4.69) is 79.7 Å². The predicted octanol–water partition coefficient (Wildman–Crippen LogP) is 8.60. The molecule has 3 nitrogen and oxygen atoms in total. The largest absolute Gasteiger partial charge is 0.455 e. The summed E-state index contributed by atoms with van der Waals surface area (Å²) >= 11 is 0. The average molecular weight is 599 g/mol. The van der Waals surface area contributed by atoms with Crippen LogP contribution in [-0.2, 0) is 25.4 Å². The summed E-state index contributed by atoms with van der Waals surface area (Å²) < 4.78 is 36.7. The maximum atomic E-state index is 14.8. The molecule has 5 heteroatoms. The SMILES string of the molecule is CC(C)(C)c1cc2c(c([P@@](C)(=O)c3ccccc3)c1)Oc1c(cc(C(C)(C)C)cc1[P@](C)(=O)c1ccccc1)C2(C)C. The van der Waals surface area contributed by atoms with Gasteiger partial charge in [-0.25, -0.2) is 0 Å². The zero-order chi connectivity index (χ0) is 30.9. The highest BCUT2D eigenvalue weighted by atomic mass is 31.2. The smallest absolute Gasteiger partial charge is 0.144 e. The molecule has 0 bridgehead atoms. The van der Waals surface area contributed by atoms with Gasteiger partial charge in [0.1, 0.15) is 25.8 Å². The summed E-state index contributed by atoms with van der Waals surface area (Å²) in [6.07, 6.45) is 0. The highest BCUT2D eigenvalue weighted by Crippen LogP contribution is 2.56. The van der Waals surface area contributed by atoms with Crippen LogP contribution in [0, 0.1) is 0 Å². The maximum absolute atomic E-state index is 14.8. The number of rotatable bonds is 4. The van der Waals surface area contributed by atoms with E-state index in [1.807, 2.05) is 74.0 Å². The molecule has 0 aliphatic carbocycles. The Kier molecular flexibility index (Phi) is 7.36. The highest BCUT2D eigenvalue weighted by molar-refractivity contribution is 7.78. The van der Waals surface area contributed by atoms with Crippen molar-refractivity contribution in [2.24, 2.45) is 0 Å². The molecule has 1 aliphatic heterocycles. The molecule has 1 heterocycles. The minimum atomic E-state index is -3.07. The Morgan fingerprint density at radius 2 is 0.905 bits per heavy atom. The molecule has 0 fully saturated rings. The molecule has 4 aromatic carbocycles. The van der Waals surface area contributed by atoms with Crippen LogP contribution in [0.4, 0.5) is 0 Å². The van der Waals surface area contributed by atoms with Crippen LogP contribution in [-0.4, -0.2) is 13.3 Å². The van der Waals surface area contributed by atoms with E-state index in [1.165, 1.54) is 0 Å². The standard InChI is InChI=1S/C37H44O3P2/c1-35(2,3)25-21-29-33(31(23-25)41(9,38)27-17-13-11-14-18-27)40-34-30(37(29,7)8)22-26(36(4,5)6)24-32(34)42(10,39)28-19-15-12-16-20-28/h11-24H,1-10H3/t41-,42+. The maximum Gasteiger partial charge on any atom is 0.144 e. The molecule has 5 rings (SSSR count). The number of fused-ring (bicyclic) bond motifs is 2. The molecule has 2 atom stereocenters. The van der Waals surface area contributed by atoms with Crippen molar-refractivity contribution in [3.63, 3.8) is 0 Å². The molecule has 4 aromatic rings. The third-order valence-corrected chi connectivity index (χ3v) is 13.9. The van der Waals surface area contributed by atoms with Crippen molar-refractivity contribution in [1.82, 2.24) is 0 Å². The Balaban J connectivity index is 1.88. The van der Waals surface area contributed by atoms with Gasteiger partial charge in [0.05, 0.1) is 10.6 Å². The van der Waals surface area contributed by atoms with Gasteiger partial charge in [0.25, 0.3) is 0 Å². The van der Waals surface area contributed by atoms with E-state index in [4.69, 9.17) is 4.74 Å². The Morgan fingerprint density at radius 1 is 0.571 bits per heavy atom. The molecule has 0 saturated carbocycles. The normalized spacial score (nSPS) is 17.3. The van der Waals surface area contributed by atoms with Gasteiger partial charge >= 0.3 is 0 Å². The predicted molar refractivity (Wildman–Crippen MR) is 181 cm³/mol. The first-order chi connectivity index (χ1) is 19.4. The van der Waals surface area contributed by atoms with Crippen molar-refractivity contribution in [1.29, 1.82) is 0 Å². The summed E-state index contributed by atoms with van der Waals surface area (Å²) in [7, 11) is -6.13. The van der Waals surface area contributed by atoms with Crippen LogP contribution in [0.2, 0.25) is 0 Å². The highest BCUT2D eigenvalue weighted by Gasteiger charge is 2.43. The zero-order valence-corrected chi connectivity index (χ0v) is 28.5. The third-order valence-electron chi connectivity index (χ3n) is 8.84. The van der Waals surface area contributed by atoms with Crippen molar-refractivity contribution in [2.45, 2.75) is 71.6 Å². The van der Waals surface area contributed by atoms with Crippen molar-refractivity contribution >= 4 is 35.5 Å². The lowest BCUT2D eigenvalue weighted by molar-refractivity contribution is 0.421. The summed E-state index contributed by atoms with van der Waals surface area (Å²) in [6.45, 7) is 21.3. The second-order valence-corrected chi connectivity index (χ2v) is 20.2. The fraction of sp³-hybridized carbons (Fsp3) is 0.351. The van der Waals surface area contributed by atoms with E-state index >= 15 is 0 Å². The Labute approximate surface area is 252 Å². The lowest BCUT2D eigenvalue weighted by atomic mass is 9.72. The van der Waals surface area contributed by atoms with Crippen molar-refractivity contribution in [3.8, 4) is 11.5 Å². The van der Waals surface area contributed by atoms with Crippen LogP contribution in [0.25, 0.3) is 0 Å². The summed E-state index contributed by atoms with van der Waals surface area (Å²) in [6, 6.07) is 28.0. The molecule has 220 valence electrons. The lowest BCUT2D eigenvalue weighted by Crippen LogP contribution is -2.34. The van der Waals surface area contributed by atoms with E-state index in [0.717, 1.165) is 32.9 Å². The van der Waals surface area contributed by atoms with Gasteiger partial charge < -0.3 is 13.9 Å². The molecule has 0 spiro atoms. The second-order valence-electron chi connectivity index (χ2n) is 14.5. The van der Waals surface area contributed by atoms with E-state index < -0.39 is 19.7 Å².